The number of ether oxygens (including phenoxy) is 3. The van der Waals surface area contributed by atoms with Crippen LogP contribution in [0.5, 0.6) is 5.75 Å². The number of esters is 1. The van der Waals surface area contributed by atoms with Gasteiger partial charge in [-0.1, -0.05) is 85.8 Å². The third-order valence-electron chi connectivity index (χ3n) is 6.59. The average Bonchev–Trinajstić information content (AvgIpc) is 3.03. The van der Waals surface area contributed by atoms with Crippen LogP contribution in [0, 0.1) is 0 Å². The van der Waals surface area contributed by atoms with Crippen LogP contribution in [-0.2, 0) is 27.5 Å². The van der Waals surface area contributed by atoms with Crippen molar-refractivity contribution in [3.63, 3.8) is 0 Å². The summed E-state index contributed by atoms with van der Waals surface area (Å²) in [7, 11) is 1.38. The first-order valence-corrected chi connectivity index (χ1v) is 13.8. The maximum atomic E-state index is 11.8. The van der Waals surface area contributed by atoms with Crippen molar-refractivity contribution >= 4 is 17.6 Å². The quantitative estimate of drug-likeness (QED) is 0.0772. The smallest absolute Gasteiger partial charge is 0.330 e. The van der Waals surface area contributed by atoms with E-state index in [1.807, 2.05) is 66.7 Å². The summed E-state index contributed by atoms with van der Waals surface area (Å²) in [6, 6.07) is 34.6. The minimum Gasteiger partial charge on any atom is -0.493 e. The molecule has 0 aliphatic carbocycles. The molecule has 4 heteroatoms. The van der Waals surface area contributed by atoms with Crippen LogP contribution >= 0.6 is 0 Å². The highest BCUT2D eigenvalue weighted by atomic mass is 16.5. The van der Waals surface area contributed by atoms with E-state index in [1.54, 1.807) is 6.08 Å². The molecule has 0 unspecified atom stereocenters. The number of allylic oxidation sites excluding steroid dienone is 4. The zero-order chi connectivity index (χ0) is 28.9. The lowest BCUT2D eigenvalue weighted by atomic mass is 9.96. The molecule has 4 aromatic carbocycles. The van der Waals surface area contributed by atoms with Gasteiger partial charge in [0.15, 0.2) is 0 Å². The molecule has 208 valence electrons. The highest BCUT2D eigenvalue weighted by Crippen LogP contribution is 2.29. The molecule has 0 N–H and O–H groups in total. The Morgan fingerprint density at radius 1 is 0.756 bits per heavy atom. The summed E-state index contributed by atoms with van der Waals surface area (Å²) in [6.45, 7) is 5.22. The lowest BCUT2D eigenvalue weighted by Gasteiger charge is -2.11. The van der Waals surface area contributed by atoms with Gasteiger partial charge in [-0.3, -0.25) is 0 Å². The minimum absolute atomic E-state index is 0.393. The van der Waals surface area contributed by atoms with Crippen molar-refractivity contribution in [3.8, 4) is 16.9 Å². The molecular weight excluding hydrogens is 508 g/mol. The topological polar surface area (TPSA) is 44.8 Å². The monoisotopic (exact) mass is 544 g/mol. The second-order valence-electron chi connectivity index (χ2n) is 9.61. The molecule has 0 heterocycles. The first-order valence-electron chi connectivity index (χ1n) is 13.8. The standard InChI is InChI=1S/C37H36O4/c1-4-35(40-26-29-11-7-5-8-12-29)19-15-28(2)33-23-31(16-22-37(38)39-3)24-34(25-33)32-17-20-36(21-18-32)41-27-30-13-9-6-10-14-30/h5-25H,4,26-27H2,1-3H3/b22-16+,28-15+,35-19+. The van der Waals surface area contributed by atoms with Gasteiger partial charge in [0, 0.05) is 12.5 Å². The first-order chi connectivity index (χ1) is 20.0. The minimum atomic E-state index is -0.393. The molecule has 0 spiro atoms. The van der Waals surface area contributed by atoms with Gasteiger partial charge in [0.1, 0.15) is 19.0 Å². The van der Waals surface area contributed by atoms with Gasteiger partial charge in [-0.2, -0.15) is 0 Å². The summed E-state index contributed by atoms with van der Waals surface area (Å²) >= 11 is 0. The molecule has 0 bridgehead atoms. The fraction of sp³-hybridized carbons (Fsp3) is 0.162. The highest BCUT2D eigenvalue weighted by molar-refractivity contribution is 5.88. The third kappa shape index (κ3) is 9.11. The Bertz CT molecular complexity index is 1500. The van der Waals surface area contributed by atoms with Gasteiger partial charge in [-0.15, -0.1) is 0 Å². The Labute approximate surface area is 243 Å². The predicted molar refractivity (Wildman–Crippen MR) is 167 cm³/mol. The Kier molecular flexibility index (Phi) is 10.7. The van der Waals surface area contributed by atoms with Crippen LogP contribution < -0.4 is 4.74 Å². The summed E-state index contributed by atoms with van der Waals surface area (Å²) < 4.78 is 16.8. The van der Waals surface area contributed by atoms with Crippen molar-refractivity contribution in [2.75, 3.05) is 7.11 Å². The number of benzene rings is 4. The second kappa shape index (κ2) is 15.1. The van der Waals surface area contributed by atoms with E-state index in [1.165, 1.54) is 13.2 Å². The van der Waals surface area contributed by atoms with Crippen molar-refractivity contribution in [1.82, 2.24) is 0 Å². The fourth-order valence-electron chi connectivity index (χ4n) is 4.19. The molecule has 0 aliphatic rings. The van der Waals surface area contributed by atoms with Gasteiger partial charge in [0.05, 0.1) is 12.9 Å². The van der Waals surface area contributed by atoms with E-state index in [-0.39, 0.29) is 0 Å². The van der Waals surface area contributed by atoms with Crippen LogP contribution in [-0.4, -0.2) is 13.1 Å². The van der Waals surface area contributed by atoms with Crippen LogP contribution in [0.3, 0.4) is 0 Å². The lowest BCUT2D eigenvalue weighted by Crippen LogP contribution is -1.95. The summed E-state index contributed by atoms with van der Waals surface area (Å²) in [5.41, 5.74) is 7.38. The van der Waals surface area contributed by atoms with Crippen molar-refractivity contribution < 1.29 is 19.0 Å². The fourth-order valence-corrected chi connectivity index (χ4v) is 4.19. The normalized spacial score (nSPS) is 11.9. The second-order valence-corrected chi connectivity index (χ2v) is 9.61. The molecule has 0 saturated heterocycles. The van der Waals surface area contributed by atoms with Gasteiger partial charge in [-0.05, 0) is 88.4 Å². The van der Waals surface area contributed by atoms with E-state index in [0.29, 0.717) is 13.2 Å². The van der Waals surface area contributed by atoms with E-state index >= 15 is 0 Å². The SMILES string of the molecule is CC/C(=C\C=C(/C)c1cc(/C=C/C(=O)OC)cc(-c2ccc(OCc3ccccc3)cc2)c1)OCc1ccccc1. The van der Waals surface area contributed by atoms with E-state index in [2.05, 4.69) is 62.4 Å². The molecule has 0 aliphatic heterocycles. The lowest BCUT2D eigenvalue weighted by molar-refractivity contribution is -0.134. The molecule has 4 rings (SSSR count). The van der Waals surface area contributed by atoms with Crippen molar-refractivity contribution in [1.29, 1.82) is 0 Å². The van der Waals surface area contributed by atoms with Gasteiger partial charge >= 0.3 is 5.97 Å². The third-order valence-corrected chi connectivity index (χ3v) is 6.59. The molecule has 0 saturated carbocycles. The largest absolute Gasteiger partial charge is 0.493 e. The average molecular weight is 545 g/mol. The van der Waals surface area contributed by atoms with Crippen molar-refractivity contribution in [2.24, 2.45) is 0 Å². The predicted octanol–water partition coefficient (Wildman–Crippen LogP) is 9.03. The van der Waals surface area contributed by atoms with E-state index in [4.69, 9.17) is 14.2 Å². The van der Waals surface area contributed by atoms with Crippen molar-refractivity contribution in [2.45, 2.75) is 33.5 Å². The summed E-state index contributed by atoms with van der Waals surface area (Å²) in [4.78, 5) is 11.8. The van der Waals surface area contributed by atoms with Gasteiger partial charge in [0.25, 0.3) is 0 Å². The maximum absolute atomic E-state index is 11.8. The van der Waals surface area contributed by atoms with Crippen molar-refractivity contribution in [3.05, 3.63) is 149 Å². The molecule has 0 amide bonds. The summed E-state index contributed by atoms with van der Waals surface area (Å²) in [5, 5.41) is 0. The zero-order valence-electron chi connectivity index (χ0n) is 23.9. The molecule has 0 atom stereocenters. The van der Waals surface area contributed by atoms with Crippen LogP contribution in [0.15, 0.2) is 127 Å². The molecule has 4 nitrogen and oxygen atoms in total. The van der Waals surface area contributed by atoms with Crippen LogP contribution in [0.1, 0.15) is 42.5 Å². The molecule has 0 radical (unpaired) electrons. The van der Waals surface area contributed by atoms with E-state index in [0.717, 1.165) is 56.9 Å². The molecule has 0 aromatic heterocycles. The number of hydrogen-bond donors (Lipinski definition) is 0. The maximum Gasteiger partial charge on any atom is 0.330 e. The number of hydrogen-bond acceptors (Lipinski definition) is 4. The Morgan fingerprint density at radius 2 is 1.41 bits per heavy atom. The molecule has 0 fully saturated rings. The summed E-state index contributed by atoms with van der Waals surface area (Å²) in [5.74, 6) is 1.33. The van der Waals surface area contributed by atoms with E-state index < -0.39 is 5.97 Å². The first kappa shape index (κ1) is 29.2. The number of rotatable bonds is 12. The van der Waals surface area contributed by atoms with Crippen LogP contribution in [0.2, 0.25) is 0 Å². The summed E-state index contributed by atoms with van der Waals surface area (Å²) in [6.07, 6.45) is 8.13. The highest BCUT2D eigenvalue weighted by Gasteiger charge is 2.06. The molecular formula is C37H36O4. The van der Waals surface area contributed by atoms with Gasteiger partial charge in [-0.25, -0.2) is 4.79 Å². The molecule has 4 aromatic rings. The van der Waals surface area contributed by atoms with Crippen LogP contribution in [0.4, 0.5) is 0 Å². The Morgan fingerprint density at radius 3 is 2.05 bits per heavy atom. The Balaban J connectivity index is 1.56. The molecule has 41 heavy (non-hydrogen) atoms. The number of methoxy groups -OCH3 is 1. The van der Waals surface area contributed by atoms with Gasteiger partial charge < -0.3 is 14.2 Å². The Hall–Kier alpha value is -4.83. The number of carbonyl (C=O) groups excluding carboxylic acids is 1. The van der Waals surface area contributed by atoms with Gasteiger partial charge in [0.2, 0.25) is 0 Å². The van der Waals surface area contributed by atoms with Crippen LogP contribution in [0.25, 0.3) is 22.8 Å². The number of carbonyl (C=O) groups is 1. The van der Waals surface area contributed by atoms with E-state index in [9.17, 15) is 4.79 Å². The zero-order valence-corrected chi connectivity index (χ0v) is 23.9.